The Hall–Kier alpha value is -3.60. The number of hydrogen-bond donors (Lipinski definition) is 2. The molecule has 0 spiro atoms. The van der Waals surface area contributed by atoms with Crippen LogP contribution in [0.2, 0.25) is 0 Å². The summed E-state index contributed by atoms with van der Waals surface area (Å²) >= 11 is 0. The van der Waals surface area contributed by atoms with Crippen LogP contribution in [0.25, 0.3) is 0 Å². The maximum Gasteiger partial charge on any atom is 0.175 e. The minimum atomic E-state index is -3.20. The molecule has 1 aliphatic carbocycles. The van der Waals surface area contributed by atoms with Crippen molar-refractivity contribution in [2.75, 3.05) is 11.6 Å². The second-order valence-electron chi connectivity index (χ2n) is 8.72. The molecule has 5 rings (SSSR count). The lowest BCUT2D eigenvalue weighted by atomic mass is 9.90. The summed E-state index contributed by atoms with van der Waals surface area (Å²) < 4.78 is 23.4. The van der Waals surface area contributed by atoms with E-state index in [4.69, 9.17) is 4.99 Å². The number of rotatable bonds is 5. The topological polar surface area (TPSA) is 70.6 Å². The summed E-state index contributed by atoms with van der Waals surface area (Å²) in [5.41, 5.74) is 11.0. The zero-order valence-electron chi connectivity index (χ0n) is 19.1. The minimum absolute atomic E-state index is 0.320. The Morgan fingerprint density at radius 2 is 1.76 bits per heavy atom. The van der Waals surface area contributed by atoms with Gasteiger partial charge in [-0.25, -0.2) is 13.4 Å². The van der Waals surface area contributed by atoms with Gasteiger partial charge in [0, 0.05) is 30.1 Å². The molecule has 0 amide bonds. The van der Waals surface area contributed by atoms with E-state index in [2.05, 4.69) is 40.6 Å². The van der Waals surface area contributed by atoms with E-state index in [1.807, 2.05) is 36.4 Å². The summed E-state index contributed by atoms with van der Waals surface area (Å²) in [6.07, 6.45) is 7.80. The number of sulfone groups is 1. The molecular weight excluding hydrogens is 442 g/mol. The SMILES string of the molecule is CS(=O)(=O)c1ccc(CNC2=C=CC(=Nc3cccc4c3CCCC4)c3ccccc3N2)cc1. The highest BCUT2D eigenvalue weighted by Gasteiger charge is 2.16. The molecule has 34 heavy (non-hydrogen) atoms. The van der Waals surface area contributed by atoms with Gasteiger partial charge in [-0.3, -0.25) is 0 Å². The molecule has 2 N–H and O–H groups in total. The zero-order valence-corrected chi connectivity index (χ0v) is 20.0. The van der Waals surface area contributed by atoms with E-state index < -0.39 is 9.84 Å². The highest BCUT2D eigenvalue weighted by atomic mass is 32.2. The van der Waals surface area contributed by atoms with E-state index in [9.17, 15) is 8.42 Å². The third-order valence-electron chi connectivity index (χ3n) is 6.25. The molecule has 1 aliphatic heterocycles. The average Bonchev–Trinajstić information content (AvgIpc) is 3.02. The molecule has 0 atom stereocenters. The van der Waals surface area contributed by atoms with Crippen molar-refractivity contribution in [3.05, 3.63) is 107 Å². The zero-order chi connectivity index (χ0) is 23.5. The molecule has 3 aromatic rings. The molecule has 0 aromatic heterocycles. The van der Waals surface area contributed by atoms with Crippen LogP contribution in [-0.2, 0) is 29.2 Å². The maximum atomic E-state index is 11.7. The van der Waals surface area contributed by atoms with E-state index in [-0.39, 0.29) is 0 Å². The molecule has 172 valence electrons. The van der Waals surface area contributed by atoms with E-state index in [0.29, 0.717) is 11.4 Å². The highest BCUT2D eigenvalue weighted by Crippen LogP contribution is 2.31. The summed E-state index contributed by atoms with van der Waals surface area (Å²) in [6, 6.07) is 21.5. The number of allylic oxidation sites excluding steroid dienone is 1. The standard InChI is InChI=1S/C28H27N3O2S/c1-34(32,33)22-15-13-20(14-16-22)19-29-28-18-17-27(24-10-4-5-11-26(24)31-28)30-25-12-6-8-21-7-2-3-9-23(21)25/h4-6,8,10-17,29,31H,2-3,7,9,19H2,1H3. The molecule has 0 unspecified atom stereocenters. The number of anilines is 1. The third-order valence-corrected chi connectivity index (χ3v) is 7.38. The molecule has 0 radical (unpaired) electrons. The Balaban J connectivity index is 1.44. The molecule has 5 nitrogen and oxygen atoms in total. The molecular formula is C28H27N3O2S. The molecule has 1 heterocycles. The predicted molar refractivity (Wildman–Crippen MR) is 137 cm³/mol. The second kappa shape index (κ2) is 9.34. The minimum Gasteiger partial charge on any atom is -0.361 e. The fraction of sp³-hybridized carbons (Fsp3) is 0.214. The first-order valence-electron chi connectivity index (χ1n) is 11.5. The Kier molecular flexibility index (Phi) is 6.10. The maximum absolute atomic E-state index is 11.7. The van der Waals surface area contributed by atoms with Gasteiger partial charge >= 0.3 is 0 Å². The number of hydrogen-bond acceptors (Lipinski definition) is 5. The van der Waals surface area contributed by atoms with E-state index >= 15 is 0 Å². The van der Waals surface area contributed by atoms with Crippen molar-refractivity contribution in [3.8, 4) is 0 Å². The average molecular weight is 470 g/mol. The molecule has 0 fully saturated rings. The van der Waals surface area contributed by atoms with Crippen molar-refractivity contribution in [1.29, 1.82) is 0 Å². The normalized spacial score (nSPS) is 16.1. The van der Waals surface area contributed by atoms with Gasteiger partial charge in [-0.1, -0.05) is 48.2 Å². The van der Waals surface area contributed by atoms with Crippen molar-refractivity contribution in [1.82, 2.24) is 5.32 Å². The van der Waals surface area contributed by atoms with Crippen LogP contribution in [0.4, 0.5) is 11.4 Å². The number of aliphatic imine (C=N–C) groups is 1. The molecule has 2 aliphatic rings. The van der Waals surface area contributed by atoms with Crippen LogP contribution in [0.15, 0.2) is 94.2 Å². The fourth-order valence-electron chi connectivity index (χ4n) is 4.43. The smallest absolute Gasteiger partial charge is 0.175 e. The Morgan fingerprint density at radius 3 is 2.59 bits per heavy atom. The first-order valence-corrected chi connectivity index (χ1v) is 13.4. The Morgan fingerprint density at radius 1 is 0.971 bits per heavy atom. The lowest BCUT2D eigenvalue weighted by Crippen LogP contribution is -2.18. The Bertz CT molecular complexity index is 1430. The number of para-hydroxylation sites is 1. The summed E-state index contributed by atoms with van der Waals surface area (Å²) in [5, 5.41) is 6.80. The van der Waals surface area contributed by atoms with Crippen molar-refractivity contribution in [2.45, 2.75) is 37.1 Å². The van der Waals surface area contributed by atoms with Gasteiger partial charge in [0.05, 0.1) is 16.3 Å². The summed E-state index contributed by atoms with van der Waals surface area (Å²) in [4.78, 5) is 5.40. The molecule has 0 saturated carbocycles. The molecule has 3 aromatic carbocycles. The quantitative estimate of drug-likeness (QED) is 0.498. The number of nitrogens with one attached hydrogen (secondary N) is 2. The van der Waals surface area contributed by atoms with Crippen LogP contribution in [0.5, 0.6) is 0 Å². The van der Waals surface area contributed by atoms with E-state index in [0.717, 1.165) is 46.9 Å². The summed E-state index contributed by atoms with van der Waals surface area (Å²) in [7, 11) is -3.20. The van der Waals surface area contributed by atoms with Crippen LogP contribution in [-0.4, -0.2) is 20.4 Å². The van der Waals surface area contributed by atoms with Gasteiger partial charge in [0.2, 0.25) is 0 Å². The number of nitrogens with zero attached hydrogens (tertiary/aromatic N) is 1. The van der Waals surface area contributed by atoms with Crippen molar-refractivity contribution in [2.24, 2.45) is 4.99 Å². The molecule has 6 heteroatoms. The second-order valence-corrected chi connectivity index (χ2v) is 10.7. The lowest BCUT2D eigenvalue weighted by molar-refractivity contribution is 0.602. The van der Waals surface area contributed by atoms with Gasteiger partial charge < -0.3 is 10.6 Å². The van der Waals surface area contributed by atoms with Gasteiger partial charge in [-0.15, -0.1) is 0 Å². The monoisotopic (exact) mass is 469 g/mol. The highest BCUT2D eigenvalue weighted by molar-refractivity contribution is 7.90. The molecule has 0 bridgehead atoms. The van der Waals surface area contributed by atoms with Gasteiger partial charge in [0.15, 0.2) is 9.84 Å². The summed E-state index contributed by atoms with van der Waals surface area (Å²) in [5.74, 6) is 0.736. The first kappa shape index (κ1) is 22.2. The van der Waals surface area contributed by atoms with Crippen molar-refractivity contribution in [3.63, 3.8) is 0 Å². The van der Waals surface area contributed by atoms with E-state index in [1.165, 1.54) is 30.2 Å². The van der Waals surface area contributed by atoms with Crippen molar-refractivity contribution < 1.29 is 8.42 Å². The number of fused-ring (bicyclic) bond motifs is 2. The number of benzene rings is 3. The van der Waals surface area contributed by atoms with E-state index in [1.54, 1.807) is 12.1 Å². The molecule has 0 saturated heterocycles. The van der Waals surface area contributed by atoms with Crippen LogP contribution in [0, 0.1) is 0 Å². The van der Waals surface area contributed by atoms with Crippen LogP contribution >= 0.6 is 0 Å². The third kappa shape index (κ3) is 4.84. The van der Waals surface area contributed by atoms with Crippen LogP contribution in [0.1, 0.15) is 35.1 Å². The first-order chi connectivity index (χ1) is 16.5. The lowest BCUT2D eigenvalue weighted by Gasteiger charge is -2.18. The fourth-order valence-corrected chi connectivity index (χ4v) is 5.06. The van der Waals surface area contributed by atoms with Crippen LogP contribution in [0.3, 0.4) is 0 Å². The van der Waals surface area contributed by atoms with Crippen LogP contribution < -0.4 is 10.6 Å². The largest absolute Gasteiger partial charge is 0.361 e. The van der Waals surface area contributed by atoms with Gasteiger partial charge in [-0.05, 0) is 66.6 Å². The van der Waals surface area contributed by atoms with Gasteiger partial charge in [-0.2, -0.15) is 0 Å². The van der Waals surface area contributed by atoms with Gasteiger partial charge in [0.1, 0.15) is 5.82 Å². The Labute approximate surface area is 200 Å². The predicted octanol–water partition coefficient (Wildman–Crippen LogP) is 5.30. The van der Waals surface area contributed by atoms with Crippen molar-refractivity contribution >= 4 is 26.9 Å². The summed E-state index contributed by atoms with van der Waals surface area (Å²) in [6.45, 7) is 0.536. The van der Waals surface area contributed by atoms with Gasteiger partial charge in [0.25, 0.3) is 0 Å². The number of aryl methyl sites for hydroxylation is 1.